The minimum atomic E-state index is -1.40. The number of nitrogens with one attached hydrogen (secondary N) is 1. The second-order valence-electron chi connectivity index (χ2n) is 4.96. The van der Waals surface area contributed by atoms with Gasteiger partial charge in [-0.05, 0) is 41.1 Å². The number of furan rings is 2. The quantitative estimate of drug-likeness (QED) is 0.682. The van der Waals surface area contributed by atoms with Gasteiger partial charge in [-0.15, -0.1) is 0 Å². The summed E-state index contributed by atoms with van der Waals surface area (Å²) in [6.07, 6.45) is 7.59. The van der Waals surface area contributed by atoms with E-state index in [0.29, 0.717) is 11.3 Å². The van der Waals surface area contributed by atoms with Gasteiger partial charge in [0.05, 0.1) is 25.3 Å². The van der Waals surface area contributed by atoms with Crippen molar-refractivity contribution >= 4 is 23.3 Å². The van der Waals surface area contributed by atoms with Gasteiger partial charge in [-0.1, -0.05) is 0 Å². The van der Waals surface area contributed by atoms with Gasteiger partial charge in [-0.3, -0.25) is 4.79 Å². The minimum absolute atomic E-state index is 0.00576. The zero-order chi connectivity index (χ0) is 16.1. The Morgan fingerprint density at radius 1 is 1.35 bits per heavy atom. The summed E-state index contributed by atoms with van der Waals surface area (Å²) in [5, 5.41) is 17.4. The Morgan fingerprint density at radius 3 is 2.91 bits per heavy atom. The van der Waals surface area contributed by atoms with Crippen LogP contribution in [0.4, 0.5) is 0 Å². The zero-order valence-electron chi connectivity index (χ0n) is 12.1. The van der Waals surface area contributed by atoms with Gasteiger partial charge in [0.15, 0.2) is 5.60 Å². The van der Waals surface area contributed by atoms with Crippen LogP contribution >= 0.6 is 11.3 Å². The number of hydrogen-bond donors (Lipinski definition) is 2. The number of amides is 1. The summed E-state index contributed by atoms with van der Waals surface area (Å²) >= 11 is 1.47. The second-order valence-corrected chi connectivity index (χ2v) is 5.74. The van der Waals surface area contributed by atoms with E-state index in [1.54, 1.807) is 30.3 Å². The average molecular weight is 329 g/mol. The van der Waals surface area contributed by atoms with Crippen LogP contribution in [0.2, 0.25) is 0 Å². The third-order valence-corrected chi connectivity index (χ3v) is 4.10. The van der Waals surface area contributed by atoms with Gasteiger partial charge in [-0.2, -0.15) is 11.3 Å². The summed E-state index contributed by atoms with van der Waals surface area (Å²) in [6.45, 7) is 0.00576. The van der Waals surface area contributed by atoms with Crippen LogP contribution in [0.5, 0.6) is 0 Å². The molecule has 3 aromatic rings. The Bertz CT molecular complexity index is 724. The maximum atomic E-state index is 12.0. The maximum absolute atomic E-state index is 12.0. The predicted octanol–water partition coefficient (Wildman–Crippen LogP) is 3.00. The van der Waals surface area contributed by atoms with Gasteiger partial charge in [0.2, 0.25) is 5.91 Å². The van der Waals surface area contributed by atoms with Crippen molar-refractivity contribution in [3.05, 3.63) is 76.8 Å². The summed E-state index contributed by atoms with van der Waals surface area (Å²) in [6, 6.07) is 6.94. The smallest absolute Gasteiger partial charge is 0.244 e. The van der Waals surface area contributed by atoms with E-state index in [2.05, 4.69) is 5.32 Å². The van der Waals surface area contributed by atoms with Crippen molar-refractivity contribution in [1.29, 1.82) is 0 Å². The first kappa shape index (κ1) is 15.3. The van der Waals surface area contributed by atoms with Crippen molar-refractivity contribution in [1.82, 2.24) is 5.32 Å². The molecule has 23 heavy (non-hydrogen) atoms. The van der Waals surface area contributed by atoms with Gasteiger partial charge >= 0.3 is 0 Å². The van der Waals surface area contributed by atoms with Crippen LogP contribution in [-0.2, 0) is 10.4 Å². The normalized spacial score (nSPS) is 14.0. The lowest BCUT2D eigenvalue weighted by Gasteiger charge is -2.25. The first-order valence-electron chi connectivity index (χ1n) is 6.95. The van der Waals surface area contributed by atoms with E-state index >= 15 is 0 Å². The minimum Gasteiger partial charge on any atom is -0.472 e. The monoisotopic (exact) mass is 329 g/mol. The van der Waals surface area contributed by atoms with Gasteiger partial charge in [0, 0.05) is 17.2 Å². The predicted molar refractivity (Wildman–Crippen MR) is 86.8 cm³/mol. The van der Waals surface area contributed by atoms with Gasteiger partial charge in [0.25, 0.3) is 0 Å². The molecule has 0 fully saturated rings. The molecule has 0 aromatic carbocycles. The van der Waals surface area contributed by atoms with Crippen LogP contribution in [0.25, 0.3) is 6.08 Å². The number of rotatable bonds is 6. The van der Waals surface area contributed by atoms with Crippen molar-refractivity contribution in [2.75, 3.05) is 6.54 Å². The molecule has 3 aromatic heterocycles. The van der Waals surface area contributed by atoms with Gasteiger partial charge in [-0.25, -0.2) is 0 Å². The number of carbonyl (C=O) groups excluding carboxylic acids is 1. The molecule has 0 aliphatic carbocycles. The molecule has 0 bridgehead atoms. The highest BCUT2D eigenvalue weighted by Crippen LogP contribution is 2.30. The molecule has 0 aliphatic heterocycles. The van der Waals surface area contributed by atoms with E-state index < -0.39 is 5.60 Å². The Balaban J connectivity index is 1.71. The van der Waals surface area contributed by atoms with Crippen LogP contribution in [-0.4, -0.2) is 17.6 Å². The lowest BCUT2D eigenvalue weighted by molar-refractivity contribution is -0.117. The second kappa shape index (κ2) is 6.68. The fourth-order valence-electron chi connectivity index (χ4n) is 2.16. The highest BCUT2D eigenvalue weighted by atomic mass is 32.1. The van der Waals surface area contributed by atoms with Crippen LogP contribution in [0.1, 0.15) is 16.9 Å². The number of aliphatic hydroxyl groups is 1. The summed E-state index contributed by atoms with van der Waals surface area (Å²) < 4.78 is 10.3. The molecular formula is C17H15NO4S. The van der Waals surface area contributed by atoms with Crippen molar-refractivity contribution < 1.29 is 18.7 Å². The topological polar surface area (TPSA) is 75.6 Å². The standard InChI is InChI=1S/C17H15NO4S/c19-16(4-3-13-5-8-21-10-13)18-12-17(20,14-6-9-23-11-14)15-2-1-7-22-15/h1-11,20H,12H2,(H,18,19). The fourth-order valence-corrected chi connectivity index (χ4v) is 2.88. The highest BCUT2D eigenvalue weighted by molar-refractivity contribution is 7.08. The SMILES string of the molecule is O=C(C=Cc1ccoc1)NCC(O)(c1ccsc1)c1ccco1. The largest absolute Gasteiger partial charge is 0.472 e. The molecule has 3 heterocycles. The number of thiophene rings is 1. The third kappa shape index (κ3) is 3.44. The molecule has 5 nitrogen and oxygen atoms in total. The Kier molecular flexibility index (Phi) is 4.45. The highest BCUT2D eigenvalue weighted by Gasteiger charge is 2.35. The summed E-state index contributed by atoms with van der Waals surface area (Å²) in [5.41, 5.74) is 0.0682. The molecule has 0 spiro atoms. The average Bonchev–Trinajstić information content (AvgIpc) is 3.33. The van der Waals surface area contributed by atoms with Crippen LogP contribution in [0, 0.1) is 0 Å². The molecule has 3 rings (SSSR count). The molecule has 1 atom stereocenters. The molecule has 0 aliphatic rings. The molecule has 0 radical (unpaired) electrons. The van der Waals surface area contributed by atoms with Crippen molar-refractivity contribution in [2.24, 2.45) is 0 Å². The molecule has 1 unspecified atom stereocenters. The van der Waals surface area contributed by atoms with E-state index in [9.17, 15) is 9.90 Å². The first-order valence-corrected chi connectivity index (χ1v) is 7.90. The summed E-state index contributed by atoms with van der Waals surface area (Å²) in [7, 11) is 0. The van der Waals surface area contributed by atoms with Crippen LogP contribution in [0.15, 0.2) is 68.7 Å². The molecule has 0 saturated heterocycles. The van der Waals surface area contributed by atoms with E-state index in [-0.39, 0.29) is 12.5 Å². The van der Waals surface area contributed by atoms with Gasteiger partial charge < -0.3 is 19.3 Å². The van der Waals surface area contributed by atoms with E-state index in [0.717, 1.165) is 5.56 Å². The molecule has 0 saturated carbocycles. The van der Waals surface area contributed by atoms with E-state index in [1.165, 1.54) is 36.2 Å². The Hall–Kier alpha value is -2.57. The summed E-state index contributed by atoms with van der Waals surface area (Å²) in [4.78, 5) is 12.0. The van der Waals surface area contributed by atoms with E-state index in [4.69, 9.17) is 8.83 Å². The van der Waals surface area contributed by atoms with Crippen molar-refractivity contribution in [3.63, 3.8) is 0 Å². The Morgan fingerprint density at radius 2 is 2.26 bits per heavy atom. The molecular weight excluding hydrogens is 314 g/mol. The first-order chi connectivity index (χ1) is 11.2. The van der Waals surface area contributed by atoms with Crippen LogP contribution in [0.3, 0.4) is 0 Å². The van der Waals surface area contributed by atoms with E-state index in [1.807, 2.05) is 10.8 Å². The number of hydrogen-bond acceptors (Lipinski definition) is 5. The molecule has 118 valence electrons. The van der Waals surface area contributed by atoms with Crippen molar-refractivity contribution in [3.8, 4) is 0 Å². The lowest BCUT2D eigenvalue weighted by atomic mass is 9.93. The molecule has 1 amide bonds. The molecule has 2 N–H and O–H groups in total. The van der Waals surface area contributed by atoms with Crippen molar-refractivity contribution in [2.45, 2.75) is 5.60 Å². The molecule has 6 heteroatoms. The number of carbonyl (C=O) groups is 1. The fraction of sp³-hybridized carbons (Fsp3) is 0.118. The summed E-state index contributed by atoms with van der Waals surface area (Å²) in [5.74, 6) is 0.0708. The van der Waals surface area contributed by atoms with Crippen LogP contribution < -0.4 is 5.32 Å². The third-order valence-electron chi connectivity index (χ3n) is 3.42. The maximum Gasteiger partial charge on any atom is 0.244 e. The van der Waals surface area contributed by atoms with Gasteiger partial charge in [0.1, 0.15) is 5.76 Å². The zero-order valence-corrected chi connectivity index (χ0v) is 13.0. The Labute approximate surface area is 136 Å². The lowest BCUT2D eigenvalue weighted by Crippen LogP contribution is -2.40.